The highest BCUT2D eigenvalue weighted by Crippen LogP contribution is 2.46. The second kappa shape index (κ2) is 14.9. The molecule has 0 spiro atoms. The zero-order valence-electron chi connectivity index (χ0n) is 32.1. The van der Waals surface area contributed by atoms with Gasteiger partial charge in [-0.25, -0.2) is 9.18 Å². The Morgan fingerprint density at radius 1 is 0.941 bits per heavy atom. The van der Waals surface area contributed by atoms with E-state index >= 15 is 0 Å². The van der Waals surface area contributed by atoms with Crippen LogP contribution < -0.4 is 4.90 Å². The molecule has 0 saturated carbocycles. The monoisotopic (exact) mass is 699 g/mol. The molecule has 3 aliphatic rings. The molecule has 1 N–H and O–H groups in total. The first-order valence-electron chi connectivity index (χ1n) is 18.8. The van der Waals surface area contributed by atoms with Crippen LogP contribution in [0, 0.1) is 25.1 Å². The number of halogens is 1. The number of fused-ring (bicyclic) bond motifs is 1. The first-order valence-corrected chi connectivity index (χ1v) is 18.8. The van der Waals surface area contributed by atoms with Crippen molar-refractivity contribution in [3.63, 3.8) is 0 Å². The highest BCUT2D eigenvalue weighted by Gasteiger charge is 2.37. The molecule has 3 aliphatic heterocycles. The summed E-state index contributed by atoms with van der Waals surface area (Å²) in [5.74, 6) is -1.19. The van der Waals surface area contributed by atoms with Gasteiger partial charge in [-0.1, -0.05) is 38.1 Å². The molecule has 4 heterocycles. The van der Waals surface area contributed by atoms with E-state index in [2.05, 4.69) is 58.7 Å². The molecule has 0 amide bonds. The van der Waals surface area contributed by atoms with E-state index in [1.807, 2.05) is 40.7 Å². The predicted molar refractivity (Wildman–Crippen MR) is 203 cm³/mol. The number of rotatable bonds is 9. The minimum atomic E-state index is -1.15. The SMILES string of the molecule is Cc1cc(F)ccc1CN1CCc2cc(-c3c(CN4CCN(C)CC4)nc(C)c([C@H](OC(C)(C)C)C(=O)O)c3N3CCC(C)(C)CC3)ccc2C1. The van der Waals surface area contributed by atoms with Gasteiger partial charge in [-0.05, 0) is 106 Å². The van der Waals surface area contributed by atoms with E-state index in [1.54, 1.807) is 12.1 Å². The molecule has 3 aromatic rings. The van der Waals surface area contributed by atoms with E-state index in [9.17, 15) is 14.3 Å². The molecule has 0 radical (unpaired) electrons. The Morgan fingerprint density at radius 2 is 1.65 bits per heavy atom. The van der Waals surface area contributed by atoms with Gasteiger partial charge in [0.05, 0.1) is 17.0 Å². The van der Waals surface area contributed by atoms with E-state index < -0.39 is 17.7 Å². The van der Waals surface area contributed by atoms with Gasteiger partial charge < -0.3 is 19.6 Å². The molecule has 2 saturated heterocycles. The van der Waals surface area contributed by atoms with Crippen molar-refractivity contribution >= 4 is 11.7 Å². The van der Waals surface area contributed by atoms with Gasteiger partial charge in [0.15, 0.2) is 6.10 Å². The van der Waals surface area contributed by atoms with Crippen LogP contribution in [0.1, 0.15) is 92.8 Å². The Hall–Kier alpha value is -3.37. The van der Waals surface area contributed by atoms with E-state index in [0.717, 1.165) is 117 Å². The summed E-state index contributed by atoms with van der Waals surface area (Å²) in [6, 6.07) is 11.9. The normalized spacial score (nSPS) is 19.6. The van der Waals surface area contributed by atoms with Crippen LogP contribution in [0.2, 0.25) is 0 Å². The van der Waals surface area contributed by atoms with Gasteiger partial charge in [0.25, 0.3) is 0 Å². The molecule has 2 fully saturated rings. The number of hydrogen-bond acceptors (Lipinski definition) is 7. The van der Waals surface area contributed by atoms with Crippen molar-refractivity contribution in [2.75, 3.05) is 57.8 Å². The van der Waals surface area contributed by atoms with Crippen LogP contribution in [0.3, 0.4) is 0 Å². The summed E-state index contributed by atoms with van der Waals surface area (Å²) < 4.78 is 20.2. The quantitative estimate of drug-likeness (QED) is 0.248. The van der Waals surface area contributed by atoms with Crippen LogP contribution in [0.5, 0.6) is 0 Å². The van der Waals surface area contributed by atoms with E-state index in [4.69, 9.17) is 9.72 Å². The zero-order valence-corrected chi connectivity index (χ0v) is 32.1. The fraction of sp³-hybridized carbons (Fsp3) is 0.571. The maximum Gasteiger partial charge on any atom is 0.337 e. The maximum absolute atomic E-state index is 13.8. The number of carboxylic acids is 1. The fourth-order valence-electron chi connectivity index (χ4n) is 7.94. The number of likely N-dealkylation sites (N-methyl/N-ethyl adjacent to an activating group) is 1. The van der Waals surface area contributed by atoms with Crippen LogP contribution in [0.4, 0.5) is 10.1 Å². The largest absolute Gasteiger partial charge is 0.479 e. The molecule has 1 aromatic heterocycles. The Kier molecular flexibility index (Phi) is 10.9. The number of aromatic nitrogens is 1. The second-order valence-corrected chi connectivity index (χ2v) is 17.0. The summed E-state index contributed by atoms with van der Waals surface area (Å²) in [4.78, 5) is 28.2. The first-order chi connectivity index (χ1) is 24.1. The number of carbonyl (C=O) groups is 1. The Bertz CT molecular complexity index is 1730. The Labute approximate surface area is 304 Å². The number of benzene rings is 2. The molecular formula is C42H58FN5O3. The topological polar surface area (TPSA) is 72.4 Å². The van der Waals surface area contributed by atoms with E-state index in [-0.39, 0.29) is 11.2 Å². The molecule has 0 unspecified atom stereocenters. The summed E-state index contributed by atoms with van der Waals surface area (Å²) >= 11 is 0. The number of hydrogen-bond donors (Lipinski definition) is 1. The number of piperazine rings is 1. The smallest absolute Gasteiger partial charge is 0.337 e. The summed E-state index contributed by atoms with van der Waals surface area (Å²) in [7, 11) is 2.17. The molecule has 1 atom stereocenters. The highest BCUT2D eigenvalue weighted by molar-refractivity contribution is 5.88. The Balaban J connectivity index is 1.46. The average Bonchev–Trinajstić information content (AvgIpc) is 3.05. The summed E-state index contributed by atoms with van der Waals surface area (Å²) in [5, 5.41) is 10.7. The lowest BCUT2D eigenvalue weighted by atomic mass is 9.81. The molecule has 8 nitrogen and oxygen atoms in total. The van der Waals surface area contributed by atoms with Gasteiger partial charge in [-0.15, -0.1) is 0 Å². The van der Waals surface area contributed by atoms with Crippen LogP contribution >= 0.6 is 0 Å². The molecule has 9 heteroatoms. The molecule has 0 aliphatic carbocycles. The summed E-state index contributed by atoms with van der Waals surface area (Å²) in [6.07, 6.45) is 1.79. The highest BCUT2D eigenvalue weighted by atomic mass is 19.1. The van der Waals surface area contributed by atoms with Crippen LogP contribution in [-0.2, 0) is 35.6 Å². The van der Waals surface area contributed by atoms with Crippen LogP contribution in [-0.4, -0.2) is 89.2 Å². The second-order valence-electron chi connectivity index (χ2n) is 17.0. The zero-order chi connectivity index (χ0) is 36.7. The number of carboxylic acid groups (broad SMARTS) is 1. The lowest BCUT2D eigenvalue weighted by Crippen LogP contribution is -2.44. The number of pyridine rings is 1. The van der Waals surface area contributed by atoms with Gasteiger partial charge in [0.1, 0.15) is 5.82 Å². The fourth-order valence-corrected chi connectivity index (χ4v) is 7.94. The standard InChI is InChI=1S/C42H58FN5O3/c1-28-23-34(43)12-11-32(28)25-47-16-13-30-24-31(9-10-33(30)26-47)37-35(27-46-21-19-45(8)20-22-46)44-29(2)36(39(40(49)50)51-41(3,4)5)38(37)48-17-14-42(6,7)15-18-48/h9-12,23-24,39H,13-22,25-27H2,1-8H3,(H,49,50)/t39-/m0/s1. The first kappa shape index (κ1) is 37.4. The van der Waals surface area contributed by atoms with Gasteiger partial charge in [0.2, 0.25) is 0 Å². The van der Waals surface area contributed by atoms with Crippen molar-refractivity contribution in [3.05, 3.63) is 81.4 Å². The van der Waals surface area contributed by atoms with E-state index in [0.29, 0.717) is 12.1 Å². The number of piperidine rings is 1. The van der Waals surface area contributed by atoms with Gasteiger partial charge in [0, 0.05) is 82.3 Å². The van der Waals surface area contributed by atoms with Crippen molar-refractivity contribution < 1.29 is 19.0 Å². The minimum absolute atomic E-state index is 0.194. The predicted octanol–water partition coefficient (Wildman–Crippen LogP) is 7.38. The van der Waals surface area contributed by atoms with Gasteiger partial charge >= 0.3 is 5.97 Å². The van der Waals surface area contributed by atoms with Crippen LogP contribution in [0.15, 0.2) is 36.4 Å². The third-order valence-corrected chi connectivity index (χ3v) is 11.1. The third kappa shape index (κ3) is 8.82. The number of ether oxygens (including phenoxy) is 1. The lowest BCUT2D eigenvalue weighted by Gasteiger charge is -2.41. The van der Waals surface area contributed by atoms with Crippen molar-refractivity contribution in [3.8, 4) is 11.1 Å². The number of aryl methyl sites for hydroxylation is 2. The number of anilines is 1. The van der Waals surface area contributed by atoms with Crippen LogP contribution in [0.25, 0.3) is 11.1 Å². The molecular weight excluding hydrogens is 641 g/mol. The minimum Gasteiger partial charge on any atom is -0.479 e. The number of nitrogens with zero attached hydrogens (tertiary/aromatic N) is 5. The molecule has 51 heavy (non-hydrogen) atoms. The summed E-state index contributed by atoms with van der Waals surface area (Å²) in [5.41, 5.74) is 9.83. The summed E-state index contributed by atoms with van der Waals surface area (Å²) in [6.45, 7) is 23.2. The van der Waals surface area contributed by atoms with Gasteiger partial charge in [-0.2, -0.15) is 0 Å². The molecule has 276 valence electrons. The van der Waals surface area contributed by atoms with Crippen molar-refractivity contribution in [2.24, 2.45) is 5.41 Å². The average molecular weight is 700 g/mol. The Morgan fingerprint density at radius 3 is 2.29 bits per heavy atom. The van der Waals surface area contributed by atoms with Crippen molar-refractivity contribution in [1.29, 1.82) is 0 Å². The molecule has 6 rings (SSSR count). The van der Waals surface area contributed by atoms with Crippen molar-refractivity contribution in [2.45, 2.75) is 99.1 Å². The third-order valence-electron chi connectivity index (χ3n) is 11.1. The van der Waals surface area contributed by atoms with E-state index in [1.165, 1.54) is 11.1 Å². The molecule has 0 bridgehead atoms. The van der Waals surface area contributed by atoms with Crippen molar-refractivity contribution in [1.82, 2.24) is 19.7 Å². The lowest BCUT2D eigenvalue weighted by molar-refractivity contribution is -0.160. The maximum atomic E-state index is 13.8. The number of aliphatic carboxylic acids is 1. The molecule has 2 aromatic carbocycles. The van der Waals surface area contributed by atoms with Gasteiger partial charge in [-0.3, -0.25) is 14.8 Å².